The van der Waals surface area contributed by atoms with E-state index in [1.54, 1.807) is 6.20 Å². The van der Waals surface area contributed by atoms with Crippen molar-refractivity contribution >= 4 is 5.91 Å². The molecule has 2 rings (SSSR count). The molecule has 0 aromatic carbocycles. The molecule has 1 fully saturated rings. The van der Waals surface area contributed by atoms with Gasteiger partial charge in [0.1, 0.15) is 5.82 Å². The predicted molar refractivity (Wildman–Crippen MR) is 65.3 cm³/mol. The molecule has 1 aliphatic rings. The number of rotatable bonds is 6. The van der Waals surface area contributed by atoms with Crippen molar-refractivity contribution in [2.75, 3.05) is 13.1 Å². The van der Waals surface area contributed by atoms with Crippen LogP contribution in [0.4, 0.5) is 0 Å². The Morgan fingerprint density at radius 3 is 2.94 bits per heavy atom. The Bertz CT molecular complexity index is 384. The number of hydrogen-bond donors (Lipinski definition) is 1. The number of hydrogen-bond acceptors (Lipinski definition) is 3. The van der Waals surface area contributed by atoms with Crippen LogP contribution >= 0.6 is 0 Å². The van der Waals surface area contributed by atoms with Crippen molar-refractivity contribution < 1.29 is 4.79 Å². The first-order valence-corrected chi connectivity index (χ1v) is 6.18. The van der Waals surface area contributed by atoms with Gasteiger partial charge >= 0.3 is 0 Å². The normalized spacial score (nSPS) is 14.9. The highest BCUT2D eigenvalue weighted by Crippen LogP contribution is 2.26. The molecule has 0 aliphatic heterocycles. The van der Waals surface area contributed by atoms with E-state index in [0.717, 1.165) is 12.4 Å². The lowest BCUT2D eigenvalue weighted by atomic mass is 10.4. The number of carbonyl (C=O) groups excluding carboxylic acids is 1. The molecule has 0 unspecified atom stereocenters. The number of carbonyl (C=O) groups is 1. The summed E-state index contributed by atoms with van der Waals surface area (Å²) in [6.45, 7) is 3.89. The fraction of sp³-hybridized carbons (Fsp3) is 0.667. The van der Waals surface area contributed by atoms with Crippen molar-refractivity contribution in [2.45, 2.75) is 32.4 Å². The molecule has 0 spiro atoms. The van der Waals surface area contributed by atoms with Crippen molar-refractivity contribution in [1.82, 2.24) is 19.8 Å². The first kappa shape index (κ1) is 12.1. The van der Waals surface area contributed by atoms with Gasteiger partial charge in [0.25, 0.3) is 0 Å². The number of aromatic nitrogens is 2. The van der Waals surface area contributed by atoms with E-state index in [1.165, 1.54) is 12.8 Å². The van der Waals surface area contributed by atoms with Gasteiger partial charge in [-0.15, -0.1) is 0 Å². The molecule has 1 aliphatic carbocycles. The van der Waals surface area contributed by atoms with Gasteiger partial charge in [0.05, 0.1) is 13.1 Å². The Morgan fingerprint density at radius 2 is 2.41 bits per heavy atom. The molecule has 5 nitrogen and oxygen atoms in total. The second-order valence-corrected chi connectivity index (χ2v) is 4.47. The smallest absolute Gasteiger partial charge is 0.236 e. The molecule has 1 aromatic heterocycles. The van der Waals surface area contributed by atoms with Crippen LogP contribution < -0.4 is 5.32 Å². The summed E-state index contributed by atoms with van der Waals surface area (Å²) in [6.07, 6.45) is 6.00. The minimum absolute atomic E-state index is 0.198. The lowest BCUT2D eigenvalue weighted by Gasteiger charge is -2.20. The highest BCUT2D eigenvalue weighted by molar-refractivity contribution is 5.78. The Kier molecular flexibility index (Phi) is 3.78. The second-order valence-electron chi connectivity index (χ2n) is 4.47. The van der Waals surface area contributed by atoms with Gasteiger partial charge in [-0.3, -0.25) is 4.79 Å². The van der Waals surface area contributed by atoms with E-state index in [-0.39, 0.29) is 5.91 Å². The number of nitrogens with one attached hydrogen (secondary N) is 1. The molecule has 0 atom stereocenters. The Balaban J connectivity index is 1.74. The Hall–Kier alpha value is -1.36. The van der Waals surface area contributed by atoms with Crippen LogP contribution in [0.25, 0.3) is 0 Å². The molecule has 1 heterocycles. The summed E-state index contributed by atoms with van der Waals surface area (Å²) in [5.41, 5.74) is 0. The molecule has 5 heteroatoms. The fourth-order valence-corrected chi connectivity index (χ4v) is 1.97. The number of imidazole rings is 1. The van der Waals surface area contributed by atoms with Gasteiger partial charge in [-0.05, 0) is 19.8 Å². The average molecular weight is 236 g/mol. The lowest BCUT2D eigenvalue weighted by molar-refractivity contribution is -0.130. The molecular formula is C12H20N4O. The molecule has 1 N–H and O–H groups in total. The third-order valence-corrected chi connectivity index (χ3v) is 3.13. The van der Waals surface area contributed by atoms with Gasteiger partial charge in [-0.2, -0.15) is 0 Å². The number of amides is 1. The molecule has 1 saturated carbocycles. The molecule has 1 amide bonds. The minimum atomic E-state index is 0.198. The zero-order valence-corrected chi connectivity index (χ0v) is 10.5. The van der Waals surface area contributed by atoms with E-state index in [1.807, 2.05) is 29.6 Å². The summed E-state index contributed by atoms with van der Waals surface area (Å²) < 4.78 is 1.95. The van der Waals surface area contributed by atoms with Gasteiger partial charge in [0, 0.05) is 32.0 Å². The highest BCUT2D eigenvalue weighted by atomic mass is 16.2. The zero-order valence-electron chi connectivity index (χ0n) is 10.5. The maximum atomic E-state index is 11.9. The van der Waals surface area contributed by atoms with Crippen LogP contribution in [0.1, 0.15) is 25.6 Å². The van der Waals surface area contributed by atoms with Gasteiger partial charge in [0.15, 0.2) is 0 Å². The zero-order chi connectivity index (χ0) is 12.3. The van der Waals surface area contributed by atoms with Crippen molar-refractivity contribution in [3.8, 4) is 0 Å². The third-order valence-electron chi connectivity index (χ3n) is 3.13. The van der Waals surface area contributed by atoms with Crippen LogP contribution in [0.15, 0.2) is 12.4 Å². The Morgan fingerprint density at radius 1 is 1.65 bits per heavy atom. The van der Waals surface area contributed by atoms with E-state index in [9.17, 15) is 4.79 Å². The predicted octanol–water partition coefficient (Wildman–Crippen LogP) is 0.521. The molecular weight excluding hydrogens is 216 g/mol. The van der Waals surface area contributed by atoms with E-state index in [2.05, 4.69) is 10.3 Å². The van der Waals surface area contributed by atoms with Crippen LogP contribution in [0.2, 0.25) is 0 Å². The number of nitrogens with zero attached hydrogens (tertiary/aromatic N) is 3. The summed E-state index contributed by atoms with van der Waals surface area (Å²) in [5.74, 6) is 1.15. The molecule has 0 bridgehead atoms. The quantitative estimate of drug-likeness (QED) is 0.783. The maximum Gasteiger partial charge on any atom is 0.236 e. The Labute approximate surface area is 102 Å². The van der Waals surface area contributed by atoms with Crippen LogP contribution in [-0.2, 0) is 18.4 Å². The second kappa shape index (κ2) is 5.31. The van der Waals surface area contributed by atoms with E-state index in [4.69, 9.17) is 0 Å². The SMILES string of the molecule is CCN(C(=O)CNCc1nccn1C)C1CC1. The van der Waals surface area contributed by atoms with Gasteiger partial charge in [0.2, 0.25) is 5.91 Å². The molecule has 17 heavy (non-hydrogen) atoms. The van der Waals surface area contributed by atoms with Crippen molar-refractivity contribution in [3.63, 3.8) is 0 Å². The van der Waals surface area contributed by atoms with E-state index in [0.29, 0.717) is 19.1 Å². The standard InChI is InChI=1S/C12H20N4O/c1-3-16(10-4-5-10)12(17)9-13-8-11-14-6-7-15(11)2/h6-7,10,13H,3-5,8-9H2,1-2H3. The van der Waals surface area contributed by atoms with Gasteiger partial charge in [-0.1, -0.05) is 0 Å². The summed E-state index contributed by atoms with van der Waals surface area (Å²) in [4.78, 5) is 18.1. The first-order valence-electron chi connectivity index (χ1n) is 6.18. The van der Waals surface area contributed by atoms with Crippen LogP contribution in [0, 0.1) is 0 Å². The molecule has 1 aromatic rings. The minimum Gasteiger partial charge on any atom is -0.339 e. The highest BCUT2D eigenvalue weighted by Gasteiger charge is 2.30. The van der Waals surface area contributed by atoms with Crippen LogP contribution in [0.3, 0.4) is 0 Å². The summed E-state index contributed by atoms with van der Waals surface area (Å²) >= 11 is 0. The molecule has 0 radical (unpaired) electrons. The number of aryl methyl sites for hydroxylation is 1. The van der Waals surface area contributed by atoms with E-state index < -0.39 is 0 Å². The molecule has 94 valence electrons. The third kappa shape index (κ3) is 3.06. The van der Waals surface area contributed by atoms with Crippen LogP contribution in [0.5, 0.6) is 0 Å². The fourth-order valence-electron chi connectivity index (χ4n) is 1.97. The van der Waals surface area contributed by atoms with Crippen molar-refractivity contribution in [2.24, 2.45) is 7.05 Å². The largest absolute Gasteiger partial charge is 0.339 e. The lowest BCUT2D eigenvalue weighted by Crippen LogP contribution is -2.39. The number of likely N-dealkylation sites (N-methyl/N-ethyl adjacent to an activating group) is 1. The molecule has 0 saturated heterocycles. The van der Waals surface area contributed by atoms with Gasteiger partial charge in [-0.25, -0.2) is 4.98 Å². The van der Waals surface area contributed by atoms with Crippen LogP contribution in [-0.4, -0.2) is 39.5 Å². The topological polar surface area (TPSA) is 50.2 Å². The summed E-state index contributed by atoms with van der Waals surface area (Å²) in [6, 6.07) is 0.502. The summed E-state index contributed by atoms with van der Waals surface area (Å²) in [5, 5.41) is 3.15. The van der Waals surface area contributed by atoms with Crippen molar-refractivity contribution in [1.29, 1.82) is 0 Å². The van der Waals surface area contributed by atoms with E-state index >= 15 is 0 Å². The van der Waals surface area contributed by atoms with Gasteiger partial charge < -0.3 is 14.8 Å². The van der Waals surface area contributed by atoms with Crippen molar-refractivity contribution in [3.05, 3.63) is 18.2 Å². The monoisotopic (exact) mass is 236 g/mol. The first-order chi connectivity index (χ1) is 8.22. The average Bonchev–Trinajstić information content (AvgIpc) is 3.05. The summed E-state index contributed by atoms with van der Waals surface area (Å²) in [7, 11) is 1.95. The maximum absolute atomic E-state index is 11.9.